The monoisotopic (exact) mass is 589 g/mol. The summed E-state index contributed by atoms with van der Waals surface area (Å²) in [5.74, 6) is -2.61. The number of nitrogens with zero attached hydrogens (tertiary/aromatic N) is 1. The first-order chi connectivity index (χ1) is 20.9. The normalized spacial score (nSPS) is 11.7. The third kappa shape index (κ3) is 15.7. The van der Waals surface area contributed by atoms with Gasteiger partial charge >= 0.3 is 23.9 Å². The van der Waals surface area contributed by atoms with Crippen LogP contribution in [0.3, 0.4) is 0 Å². The molecule has 0 N–H and O–H groups in total. The predicted molar refractivity (Wildman–Crippen MR) is 162 cm³/mol. The van der Waals surface area contributed by atoms with E-state index in [4.69, 9.17) is 18.9 Å². The predicted octanol–water partition coefficient (Wildman–Crippen LogP) is 4.74. The van der Waals surface area contributed by atoms with Crippen LogP contribution in [0.15, 0.2) is 110 Å². The summed E-state index contributed by atoms with van der Waals surface area (Å²) in [7, 11) is 0. The SMILES string of the molecule is C=CC(=O)OC/C=C/COC(=O)CCC(CN(Cc1ccccc1)Cc1ccccc1)C(=O)OC/C=C/COC(=O)C=C. The number of esters is 4. The molecule has 2 rings (SSSR count). The summed E-state index contributed by atoms with van der Waals surface area (Å²) in [5, 5.41) is 0. The summed E-state index contributed by atoms with van der Waals surface area (Å²) in [6, 6.07) is 19.9. The van der Waals surface area contributed by atoms with Crippen LogP contribution in [0, 0.1) is 5.92 Å². The molecule has 228 valence electrons. The van der Waals surface area contributed by atoms with Gasteiger partial charge in [-0.15, -0.1) is 0 Å². The molecule has 0 aliphatic heterocycles. The second-order valence-corrected chi connectivity index (χ2v) is 9.30. The van der Waals surface area contributed by atoms with E-state index < -0.39 is 29.8 Å². The molecule has 0 fully saturated rings. The maximum atomic E-state index is 13.2. The van der Waals surface area contributed by atoms with E-state index in [1.54, 1.807) is 24.3 Å². The summed E-state index contributed by atoms with van der Waals surface area (Å²) in [4.78, 5) is 50.0. The molecule has 1 unspecified atom stereocenters. The van der Waals surface area contributed by atoms with Crippen LogP contribution in [-0.2, 0) is 51.2 Å². The van der Waals surface area contributed by atoms with Crippen molar-refractivity contribution in [2.75, 3.05) is 33.0 Å². The van der Waals surface area contributed by atoms with Crippen molar-refractivity contribution in [3.8, 4) is 0 Å². The van der Waals surface area contributed by atoms with Crippen LogP contribution in [0.5, 0.6) is 0 Å². The summed E-state index contributed by atoms with van der Waals surface area (Å²) in [5.41, 5.74) is 2.18. The molecular formula is C34H39NO8. The summed E-state index contributed by atoms with van der Waals surface area (Å²) in [6.45, 7) is 8.27. The number of ether oxygens (including phenoxy) is 4. The zero-order valence-electron chi connectivity index (χ0n) is 24.3. The average molecular weight is 590 g/mol. The molecule has 2 aromatic carbocycles. The molecule has 0 saturated heterocycles. The van der Waals surface area contributed by atoms with E-state index in [-0.39, 0.29) is 39.3 Å². The van der Waals surface area contributed by atoms with Crippen LogP contribution >= 0.6 is 0 Å². The molecule has 0 aromatic heterocycles. The van der Waals surface area contributed by atoms with Crippen molar-refractivity contribution in [1.29, 1.82) is 0 Å². The van der Waals surface area contributed by atoms with Gasteiger partial charge in [-0.25, -0.2) is 9.59 Å². The van der Waals surface area contributed by atoms with E-state index >= 15 is 0 Å². The summed E-state index contributed by atoms with van der Waals surface area (Å²) < 4.78 is 20.4. The molecule has 2 aromatic rings. The van der Waals surface area contributed by atoms with Gasteiger partial charge in [0.2, 0.25) is 0 Å². The van der Waals surface area contributed by atoms with Crippen molar-refractivity contribution in [1.82, 2.24) is 4.90 Å². The highest BCUT2D eigenvalue weighted by Gasteiger charge is 2.25. The molecule has 0 aliphatic rings. The molecule has 9 nitrogen and oxygen atoms in total. The number of benzene rings is 2. The van der Waals surface area contributed by atoms with Gasteiger partial charge in [0.25, 0.3) is 0 Å². The Morgan fingerprint density at radius 2 is 1.09 bits per heavy atom. The minimum atomic E-state index is -0.610. The van der Waals surface area contributed by atoms with Gasteiger partial charge in [-0.2, -0.15) is 0 Å². The van der Waals surface area contributed by atoms with Gasteiger partial charge in [-0.05, 0) is 41.9 Å². The van der Waals surface area contributed by atoms with E-state index in [0.717, 1.165) is 23.3 Å². The molecular weight excluding hydrogens is 550 g/mol. The van der Waals surface area contributed by atoms with Crippen molar-refractivity contribution < 1.29 is 38.1 Å². The quantitative estimate of drug-likeness (QED) is 0.0936. The van der Waals surface area contributed by atoms with Crippen LogP contribution in [0.25, 0.3) is 0 Å². The Labute approximate surface area is 253 Å². The van der Waals surface area contributed by atoms with Crippen LogP contribution in [-0.4, -0.2) is 61.7 Å². The van der Waals surface area contributed by atoms with Gasteiger partial charge in [0.1, 0.15) is 26.4 Å². The van der Waals surface area contributed by atoms with Crippen LogP contribution < -0.4 is 0 Å². The van der Waals surface area contributed by atoms with E-state index in [1.165, 1.54) is 0 Å². The van der Waals surface area contributed by atoms with Crippen molar-refractivity contribution in [3.05, 3.63) is 121 Å². The minimum Gasteiger partial charge on any atom is -0.461 e. The van der Waals surface area contributed by atoms with Crippen LogP contribution in [0.4, 0.5) is 0 Å². The van der Waals surface area contributed by atoms with Crippen LogP contribution in [0.1, 0.15) is 24.0 Å². The maximum absolute atomic E-state index is 13.2. The molecule has 1 atom stereocenters. The fraction of sp³-hybridized carbons (Fsp3) is 0.294. The first kappa shape index (κ1) is 34.4. The lowest BCUT2D eigenvalue weighted by molar-refractivity contribution is -0.149. The highest BCUT2D eigenvalue weighted by Crippen LogP contribution is 2.17. The molecule has 0 bridgehead atoms. The lowest BCUT2D eigenvalue weighted by Crippen LogP contribution is -2.34. The Hall–Kier alpha value is -4.76. The molecule has 0 amide bonds. The maximum Gasteiger partial charge on any atom is 0.330 e. The second kappa shape index (κ2) is 21.0. The molecule has 0 aliphatic carbocycles. The molecule has 43 heavy (non-hydrogen) atoms. The lowest BCUT2D eigenvalue weighted by atomic mass is 10.0. The topological polar surface area (TPSA) is 108 Å². The Balaban J connectivity index is 2.04. The number of hydrogen-bond donors (Lipinski definition) is 0. The van der Waals surface area contributed by atoms with Crippen LogP contribution in [0.2, 0.25) is 0 Å². The summed E-state index contributed by atoms with van der Waals surface area (Å²) >= 11 is 0. The third-order valence-corrected chi connectivity index (χ3v) is 5.98. The smallest absolute Gasteiger partial charge is 0.330 e. The molecule has 9 heteroatoms. The number of carbonyl (C=O) groups excluding carboxylic acids is 4. The van der Waals surface area contributed by atoms with Gasteiger partial charge in [0.05, 0.1) is 5.92 Å². The van der Waals surface area contributed by atoms with Gasteiger partial charge in [0, 0.05) is 38.2 Å². The third-order valence-electron chi connectivity index (χ3n) is 5.98. The fourth-order valence-electron chi connectivity index (χ4n) is 3.87. The van der Waals surface area contributed by atoms with E-state index in [1.807, 2.05) is 60.7 Å². The zero-order chi connectivity index (χ0) is 31.1. The van der Waals surface area contributed by atoms with Gasteiger partial charge in [0.15, 0.2) is 0 Å². The highest BCUT2D eigenvalue weighted by molar-refractivity contribution is 5.81. The van der Waals surface area contributed by atoms with Crippen molar-refractivity contribution in [2.45, 2.75) is 25.9 Å². The molecule has 0 heterocycles. The Bertz CT molecular complexity index is 1180. The van der Waals surface area contributed by atoms with Crippen molar-refractivity contribution in [2.24, 2.45) is 5.92 Å². The first-order valence-corrected chi connectivity index (χ1v) is 13.9. The number of hydrogen-bond acceptors (Lipinski definition) is 9. The van der Waals surface area contributed by atoms with E-state index in [9.17, 15) is 19.2 Å². The zero-order valence-corrected chi connectivity index (χ0v) is 24.3. The van der Waals surface area contributed by atoms with Gasteiger partial charge in [-0.1, -0.05) is 73.8 Å². The number of rotatable bonds is 20. The minimum absolute atomic E-state index is 0.00888. The van der Waals surface area contributed by atoms with Gasteiger partial charge in [-0.3, -0.25) is 14.5 Å². The largest absolute Gasteiger partial charge is 0.461 e. The number of carbonyl (C=O) groups is 4. The standard InChI is InChI=1S/C34H39NO8/c1-3-31(36)40-21-11-12-23-42-33(38)20-19-30(34(39)43-24-14-13-22-41-32(37)4-2)27-35(25-28-15-7-5-8-16-28)26-29-17-9-6-10-18-29/h3-18,30H,1-2,19-27H2/b12-11+,14-13+. The molecule has 0 radical (unpaired) electrons. The second-order valence-electron chi connectivity index (χ2n) is 9.30. The van der Waals surface area contributed by atoms with E-state index in [2.05, 4.69) is 18.1 Å². The van der Waals surface area contributed by atoms with Crippen molar-refractivity contribution in [3.63, 3.8) is 0 Å². The fourth-order valence-corrected chi connectivity index (χ4v) is 3.87. The van der Waals surface area contributed by atoms with Gasteiger partial charge < -0.3 is 18.9 Å². The summed E-state index contributed by atoms with van der Waals surface area (Å²) in [6.07, 6.45) is 8.65. The molecule has 0 saturated carbocycles. The molecule has 0 spiro atoms. The Morgan fingerprint density at radius 3 is 1.56 bits per heavy atom. The first-order valence-electron chi connectivity index (χ1n) is 13.9. The van der Waals surface area contributed by atoms with E-state index in [0.29, 0.717) is 19.6 Å². The highest BCUT2D eigenvalue weighted by atomic mass is 16.5. The average Bonchev–Trinajstić information content (AvgIpc) is 3.02. The Kier molecular flexibility index (Phi) is 16.8. The lowest BCUT2D eigenvalue weighted by Gasteiger charge is -2.27. The van der Waals surface area contributed by atoms with Crippen molar-refractivity contribution >= 4 is 23.9 Å². The Morgan fingerprint density at radius 1 is 0.651 bits per heavy atom.